The van der Waals surface area contributed by atoms with Crippen molar-refractivity contribution in [1.82, 2.24) is 4.90 Å². The van der Waals surface area contributed by atoms with Gasteiger partial charge in [0.25, 0.3) is 0 Å². The van der Waals surface area contributed by atoms with Gasteiger partial charge < -0.3 is 14.4 Å². The van der Waals surface area contributed by atoms with Crippen LogP contribution in [0.4, 0.5) is 18.9 Å². The van der Waals surface area contributed by atoms with Gasteiger partial charge >= 0.3 is 12.1 Å². The second-order valence-corrected chi connectivity index (χ2v) is 10.8. The summed E-state index contributed by atoms with van der Waals surface area (Å²) in [5.41, 5.74) is 2.44. The summed E-state index contributed by atoms with van der Waals surface area (Å²) in [7, 11) is 0. The summed E-state index contributed by atoms with van der Waals surface area (Å²) < 4.78 is 52.1. The lowest BCUT2D eigenvalue weighted by atomic mass is 10.1. The summed E-state index contributed by atoms with van der Waals surface area (Å²) in [6.45, 7) is 4.11. The minimum atomic E-state index is -4.45. The first-order valence-electron chi connectivity index (χ1n) is 12.9. The summed E-state index contributed by atoms with van der Waals surface area (Å²) in [6.07, 6.45) is -3.10. The fourth-order valence-corrected chi connectivity index (χ4v) is 6.10. The van der Waals surface area contributed by atoms with Gasteiger partial charge in [-0.2, -0.15) is 13.2 Å². The molecule has 5 rings (SSSR count). The number of nitrogens with zero attached hydrogens (tertiary/aromatic N) is 2. The summed E-state index contributed by atoms with van der Waals surface area (Å²) >= 11 is 0.693. The molecule has 0 aliphatic carbocycles. The molecule has 0 bridgehead atoms. The maximum absolute atomic E-state index is 13.7. The van der Waals surface area contributed by atoms with E-state index in [0.717, 1.165) is 11.3 Å². The van der Waals surface area contributed by atoms with Crippen LogP contribution < -0.4 is 9.64 Å². The molecule has 0 N–H and O–H groups in total. The number of esters is 1. The van der Waals surface area contributed by atoms with Crippen LogP contribution in [0.5, 0.6) is 5.75 Å². The Morgan fingerprint density at radius 3 is 2.62 bits per heavy atom. The predicted octanol–water partition coefficient (Wildman–Crippen LogP) is 5.79. The third-order valence-electron chi connectivity index (χ3n) is 7.01. The molecule has 1 aromatic heterocycles. The Kier molecular flexibility index (Phi) is 7.95. The van der Waals surface area contributed by atoms with Crippen LogP contribution in [0.2, 0.25) is 0 Å². The third kappa shape index (κ3) is 6.12. The molecule has 0 spiro atoms. The topological polar surface area (TPSA) is 59.1 Å². The van der Waals surface area contributed by atoms with E-state index in [0.29, 0.717) is 66.6 Å². The van der Waals surface area contributed by atoms with E-state index in [9.17, 15) is 22.8 Å². The molecule has 1 amide bonds. The van der Waals surface area contributed by atoms with Crippen molar-refractivity contribution in [3.63, 3.8) is 0 Å². The Balaban J connectivity index is 1.22. The van der Waals surface area contributed by atoms with Crippen LogP contribution in [0, 0.1) is 5.92 Å². The summed E-state index contributed by atoms with van der Waals surface area (Å²) in [5, 5.41) is 0. The van der Waals surface area contributed by atoms with Crippen molar-refractivity contribution < 1.29 is 32.2 Å². The molecule has 206 valence electrons. The van der Waals surface area contributed by atoms with Gasteiger partial charge in [-0.25, -0.2) is 0 Å². The highest BCUT2D eigenvalue weighted by atomic mass is 32.1. The van der Waals surface area contributed by atoms with Gasteiger partial charge in [0.05, 0.1) is 19.1 Å². The average Bonchev–Trinajstić information content (AvgIpc) is 3.66. The Bertz CT molecular complexity index is 1340. The largest absolute Gasteiger partial charge is 0.488 e. The molecule has 1 saturated heterocycles. The summed E-state index contributed by atoms with van der Waals surface area (Å²) in [5.74, 6) is 0.115. The van der Waals surface area contributed by atoms with Gasteiger partial charge in [0, 0.05) is 29.2 Å². The number of benzene rings is 2. The van der Waals surface area contributed by atoms with Gasteiger partial charge in [0.1, 0.15) is 17.2 Å². The zero-order chi connectivity index (χ0) is 27.6. The van der Waals surface area contributed by atoms with Crippen molar-refractivity contribution in [3.8, 4) is 16.9 Å². The molecule has 2 aliphatic heterocycles. The zero-order valence-electron chi connectivity index (χ0n) is 21.5. The van der Waals surface area contributed by atoms with Gasteiger partial charge in [-0.3, -0.25) is 14.5 Å². The number of alkyl halides is 3. The first kappa shape index (κ1) is 27.2. The molecule has 10 heteroatoms. The van der Waals surface area contributed by atoms with Crippen LogP contribution in [-0.4, -0.2) is 49.6 Å². The number of ether oxygens (including phenoxy) is 2. The number of hydrogen-bond acceptors (Lipinski definition) is 6. The number of anilines is 1. The molecule has 6 nitrogen and oxygen atoms in total. The monoisotopic (exact) mass is 558 g/mol. The number of carbonyl (C=O) groups excluding carboxylic acids is 2. The molecule has 1 unspecified atom stereocenters. The van der Waals surface area contributed by atoms with E-state index in [1.165, 1.54) is 0 Å². The van der Waals surface area contributed by atoms with E-state index in [2.05, 4.69) is 0 Å². The number of halogens is 3. The standard InChI is InChI=1S/C29H29F3N2O4S/c1-2-37-28(36)21-10-12-33(16-21)17-26(35)34-13-11-20-14-22(8-9-25(20)34)38-18-23-15-24(19-6-4-3-5-7-19)27(39-23)29(30,31)32/h3-9,14-15,21H,2,10-13,16-18H2,1H3. The fraction of sp³-hybridized carbons (Fsp3) is 0.379. The lowest BCUT2D eigenvalue weighted by Crippen LogP contribution is -2.39. The lowest BCUT2D eigenvalue weighted by molar-refractivity contribution is -0.147. The van der Waals surface area contributed by atoms with E-state index in [1.807, 2.05) is 17.0 Å². The number of likely N-dealkylation sites (tertiary alicyclic amines) is 1. The SMILES string of the molecule is CCOC(=O)C1CCN(CC(=O)N2CCc3cc(OCc4cc(-c5ccccc5)c(C(F)(F)F)s4)ccc32)C1. The maximum Gasteiger partial charge on any atom is 0.426 e. The van der Waals surface area contributed by atoms with Crippen molar-refractivity contribution in [2.24, 2.45) is 5.92 Å². The number of thiophene rings is 1. The Morgan fingerprint density at radius 1 is 1.08 bits per heavy atom. The summed E-state index contributed by atoms with van der Waals surface area (Å²) in [4.78, 5) is 28.6. The molecule has 1 atom stereocenters. The van der Waals surface area contributed by atoms with Crippen LogP contribution in [-0.2, 0) is 33.5 Å². The van der Waals surface area contributed by atoms with Crippen LogP contribution >= 0.6 is 11.3 Å². The molecule has 0 saturated carbocycles. The molecule has 3 aromatic rings. The number of carbonyl (C=O) groups is 2. The molecule has 3 heterocycles. The van der Waals surface area contributed by atoms with E-state index < -0.39 is 11.1 Å². The van der Waals surface area contributed by atoms with Crippen LogP contribution in [0.3, 0.4) is 0 Å². The first-order chi connectivity index (χ1) is 18.7. The Morgan fingerprint density at radius 2 is 1.87 bits per heavy atom. The van der Waals surface area contributed by atoms with Crippen LogP contribution in [0.15, 0.2) is 54.6 Å². The van der Waals surface area contributed by atoms with Gasteiger partial charge in [-0.1, -0.05) is 30.3 Å². The molecule has 39 heavy (non-hydrogen) atoms. The van der Waals surface area contributed by atoms with Crippen LogP contribution in [0.1, 0.15) is 28.7 Å². The second-order valence-electron chi connectivity index (χ2n) is 9.67. The van der Waals surface area contributed by atoms with E-state index in [1.54, 1.807) is 54.3 Å². The highest BCUT2D eigenvalue weighted by Crippen LogP contribution is 2.43. The van der Waals surface area contributed by atoms with E-state index in [-0.39, 0.29) is 36.5 Å². The molecule has 0 radical (unpaired) electrons. The van der Waals surface area contributed by atoms with E-state index in [4.69, 9.17) is 9.47 Å². The summed E-state index contributed by atoms with van der Waals surface area (Å²) in [6, 6.07) is 15.5. The quantitative estimate of drug-likeness (QED) is 0.328. The fourth-order valence-electron chi connectivity index (χ4n) is 5.14. The molecule has 2 aliphatic rings. The Labute approximate surface area is 228 Å². The molecular formula is C29H29F3N2O4S. The number of rotatable bonds is 8. The molecular weight excluding hydrogens is 529 g/mol. The third-order valence-corrected chi connectivity index (χ3v) is 8.16. The molecule has 2 aromatic carbocycles. The van der Waals surface area contributed by atoms with Crippen molar-refractivity contribution in [2.45, 2.75) is 32.5 Å². The smallest absolute Gasteiger partial charge is 0.426 e. The number of fused-ring (bicyclic) bond motifs is 1. The average molecular weight is 559 g/mol. The minimum Gasteiger partial charge on any atom is -0.488 e. The van der Waals surface area contributed by atoms with Crippen LogP contribution in [0.25, 0.3) is 11.1 Å². The zero-order valence-corrected chi connectivity index (χ0v) is 22.3. The van der Waals surface area contributed by atoms with Gasteiger partial charge in [0.15, 0.2) is 0 Å². The molecule has 1 fully saturated rings. The van der Waals surface area contributed by atoms with Gasteiger partial charge in [0.2, 0.25) is 5.91 Å². The maximum atomic E-state index is 13.7. The Hall–Kier alpha value is -3.37. The van der Waals surface area contributed by atoms with Crippen molar-refractivity contribution in [3.05, 3.63) is 69.9 Å². The van der Waals surface area contributed by atoms with Crippen molar-refractivity contribution >= 4 is 28.9 Å². The highest BCUT2D eigenvalue weighted by molar-refractivity contribution is 7.12. The number of hydrogen-bond donors (Lipinski definition) is 0. The highest BCUT2D eigenvalue weighted by Gasteiger charge is 2.36. The van der Waals surface area contributed by atoms with Gasteiger partial charge in [-0.05, 0) is 61.7 Å². The minimum absolute atomic E-state index is 0.0125. The predicted molar refractivity (Wildman–Crippen MR) is 143 cm³/mol. The van der Waals surface area contributed by atoms with Crippen molar-refractivity contribution in [1.29, 1.82) is 0 Å². The van der Waals surface area contributed by atoms with Gasteiger partial charge in [-0.15, -0.1) is 11.3 Å². The number of amides is 1. The first-order valence-corrected chi connectivity index (χ1v) is 13.7. The lowest BCUT2D eigenvalue weighted by Gasteiger charge is -2.22. The van der Waals surface area contributed by atoms with Crippen molar-refractivity contribution in [2.75, 3.05) is 37.7 Å². The second kappa shape index (κ2) is 11.4. The normalized spacial score (nSPS) is 17.3. The van der Waals surface area contributed by atoms with E-state index >= 15 is 0 Å².